The second-order valence-corrected chi connectivity index (χ2v) is 5.80. The zero-order valence-electron chi connectivity index (χ0n) is 13.7. The van der Waals surface area contributed by atoms with Crippen molar-refractivity contribution in [3.8, 4) is 5.75 Å². The molecule has 0 spiro atoms. The third kappa shape index (κ3) is 4.70. The van der Waals surface area contributed by atoms with Gasteiger partial charge in [0.25, 0.3) is 0 Å². The Labute approximate surface area is 142 Å². The molecule has 0 amide bonds. The molecule has 0 aliphatic carbocycles. The summed E-state index contributed by atoms with van der Waals surface area (Å²) in [6.45, 7) is 2.48. The number of unbranched alkanes of at least 4 members (excludes halogenated alkanes) is 1. The van der Waals surface area contributed by atoms with Crippen molar-refractivity contribution in [1.82, 2.24) is 10.3 Å². The summed E-state index contributed by atoms with van der Waals surface area (Å²) < 4.78 is 5.68. The van der Waals surface area contributed by atoms with Crippen LogP contribution >= 0.6 is 0 Å². The Morgan fingerprint density at radius 2 is 1.75 bits per heavy atom. The van der Waals surface area contributed by atoms with E-state index in [1.54, 1.807) is 0 Å². The molecule has 1 aromatic heterocycles. The molecule has 0 aliphatic rings. The molecule has 2 aromatic carbocycles. The quantitative estimate of drug-likeness (QED) is 0.490. The fourth-order valence-electron chi connectivity index (χ4n) is 2.53. The van der Waals surface area contributed by atoms with Crippen molar-refractivity contribution in [2.24, 2.45) is 0 Å². The fourth-order valence-corrected chi connectivity index (χ4v) is 2.53. The molecule has 0 aliphatic heterocycles. The van der Waals surface area contributed by atoms with Gasteiger partial charge in [0, 0.05) is 17.6 Å². The maximum atomic E-state index is 5.68. The Morgan fingerprint density at radius 3 is 2.62 bits per heavy atom. The summed E-state index contributed by atoms with van der Waals surface area (Å²) in [5, 5.41) is 4.62. The van der Waals surface area contributed by atoms with Crippen molar-refractivity contribution in [2.45, 2.75) is 19.4 Å². The Morgan fingerprint density at radius 1 is 0.917 bits per heavy atom. The molecule has 1 heterocycles. The zero-order valence-corrected chi connectivity index (χ0v) is 13.7. The minimum atomic E-state index is 0.722. The average molecular weight is 321 g/mol. The van der Waals surface area contributed by atoms with Crippen molar-refractivity contribution in [3.63, 3.8) is 0 Å². The highest BCUT2D eigenvalue weighted by molar-refractivity contribution is 5.78. The van der Waals surface area contributed by atoms with Crippen molar-refractivity contribution in [3.05, 3.63) is 66.4 Å². The summed E-state index contributed by atoms with van der Waals surface area (Å²) in [4.78, 5) is 4.66. The van der Waals surface area contributed by atoms with Crippen LogP contribution in [0.3, 0.4) is 0 Å². The summed E-state index contributed by atoms with van der Waals surface area (Å²) in [5.41, 5.74) is 8.53. The van der Waals surface area contributed by atoms with E-state index in [0.29, 0.717) is 0 Å². The Hall–Kier alpha value is -2.59. The molecule has 124 valence electrons. The van der Waals surface area contributed by atoms with Gasteiger partial charge >= 0.3 is 0 Å². The first-order valence-electron chi connectivity index (χ1n) is 8.35. The monoisotopic (exact) mass is 321 g/mol. The summed E-state index contributed by atoms with van der Waals surface area (Å²) in [6, 6.07) is 19.9. The van der Waals surface area contributed by atoms with E-state index in [2.05, 4.69) is 28.5 Å². The number of hydrogen-bond donors (Lipinski definition) is 2. The lowest BCUT2D eigenvalue weighted by atomic mass is 10.2. The van der Waals surface area contributed by atoms with Crippen LogP contribution < -0.4 is 15.8 Å². The first kappa shape index (κ1) is 16.3. The molecule has 4 nitrogen and oxygen atoms in total. The molecule has 0 atom stereocenters. The lowest BCUT2D eigenvalue weighted by Gasteiger charge is -2.07. The molecular formula is C20H23N3O. The second kappa shape index (κ2) is 8.31. The van der Waals surface area contributed by atoms with Crippen LogP contribution in [0, 0.1) is 0 Å². The topological polar surface area (TPSA) is 60.2 Å². The van der Waals surface area contributed by atoms with Crippen LogP contribution in [-0.2, 0) is 6.54 Å². The van der Waals surface area contributed by atoms with Crippen molar-refractivity contribution in [2.75, 3.05) is 18.9 Å². The molecule has 3 rings (SSSR count). The highest BCUT2D eigenvalue weighted by atomic mass is 16.5. The van der Waals surface area contributed by atoms with Crippen LogP contribution in [0.5, 0.6) is 5.75 Å². The highest BCUT2D eigenvalue weighted by Crippen LogP contribution is 2.13. The van der Waals surface area contributed by atoms with Gasteiger partial charge in [0.05, 0.1) is 17.8 Å². The SMILES string of the molecule is Nc1ccc(OCCCCNCc2ccc3ccccc3n2)cc1. The van der Waals surface area contributed by atoms with Gasteiger partial charge in [0.2, 0.25) is 0 Å². The van der Waals surface area contributed by atoms with Crippen LogP contribution in [-0.4, -0.2) is 18.1 Å². The predicted octanol–water partition coefficient (Wildman–Crippen LogP) is 3.77. The molecule has 0 radical (unpaired) electrons. The van der Waals surface area contributed by atoms with E-state index < -0.39 is 0 Å². The maximum absolute atomic E-state index is 5.68. The molecule has 0 saturated heterocycles. The number of ether oxygens (including phenoxy) is 1. The lowest BCUT2D eigenvalue weighted by molar-refractivity contribution is 0.306. The van der Waals surface area contributed by atoms with Gasteiger partial charge in [-0.2, -0.15) is 0 Å². The minimum absolute atomic E-state index is 0.722. The minimum Gasteiger partial charge on any atom is -0.494 e. The third-order valence-corrected chi connectivity index (χ3v) is 3.86. The van der Waals surface area contributed by atoms with Gasteiger partial charge in [-0.05, 0) is 55.8 Å². The average Bonchev–Trinajstić information content (AvgIpc) is 2.62. The number of nitrogen functional groups attached to an aromatic ring is 1. The van der Waals surface area contributed by atoms with Gasteiger partial charge in [-0.25, -0.2) is 0 Å². The van der Waals surface area contributed by atoms with Crippen molar-refractivity contribution < 1.29 is 4.74 Å². The number of aromatic nitrogens is 1. The van der Waals surface area contributed by atoms with Gasteiger partial charge < -0.3 is 15.8 Å². The van der Waals surface area contributed by atoms with E-state index in [0.717, 1.165) is 55.2 Å². The molecule has 3 N–H and O–H groups in total. The zero-order chi connectivity index (χ0) is 16.6. The van der Waals surface area contributed by atoms with Crippen molar-refractivity contribution in [1.29, 1.82) is 0 Å². The first-order valence-corrected chi connectivity index (χ1v) is 8.35. The molecule has 3 aromatic rings. The van der Waals surface area contributed by atoms with Crippen LogP contribution in [0.4, 0.5) is 5.69 Å². The highest BCUT2D eigenvalue weighted by Gasteiger charge is 1.98. The molecular weight excluding hydrogens is 298 g/mol. The van der Waals surface area contributed by atoms with Crippen LogP contribution in [0.25, 0.3) is 10.9 Å². The van der Waals surface area contributed by atoms with Gasteiger partial charge in [-0.1, -0.05) is 24.3 Å². The Bertz CT molecular complexity index is 771. The largest absolute Gasteiger partial charge is 0.494 e. The molecule has 0 fully saturated rings. The smallest absolute Gasteiger partial charge is 0.119 e. The maximum Gasteiger partial charge on any atom is 0.119 e. The van der Waals surface area contributed by atoms with Gasteiger partial charge in [-0.15, -0.1) is 0 Å². The van der Waals surface area contributed by atoms with Crippen molar-refractivity contribution >= 4 is 16.6 Å². The van der Waals surface area contributed by atoms with E-state index in [9.17, 15) is 0 Å². The predicted molar refractivity (Wildman–Crippen MR) is 99.0 cm³/mol. The lowest BCUT2D eigenvalue weighted by Crippen LogP contribution is -2.16. The van der Waals surface area contributed by atoms with Gasteiger partial charge in [0.1, 0.15) is 5.75 Å². The summed E-state index contributed by atoms with van der Waals surface area (Å²) in [7, 11) is 0. The van der Waals surface area contributed by atoms with Crippen LogP contribution in [0.1, 0.15) is 18.5 Å². The molecule has 0 unspecified atom stereocenters. The number of nitrogens with two attached hydrogens (primary N) is 1. The number of fused-ring (bicyclic) bond motifs is 1. The third-order valence-electron chi connectivity index (χ3n) is 3.86. The van der Waals surface area contributed by atoms with Crippen LogP contribution in [0.15, 0.2) is 60.7 Å². The first-order chi connectivity index (χ1) is 11.8. The van der Waals surface area contributed by atoms with Crippen LogP contribution in [0.2, 0.25) is 0 Å². The summed E-state index contributed by atoms with van der Waals surface area (Å²) in [6.07, 6.45) is 2.09. The van der Waals surface area contributed by atoms with Gasteiger partial charge in [-0.3, -0.25) is 4.98 Å². The summed E-state index contributed by atoms with van der Waals surface area (Å²) in [5.74, 6) is 0.873. The standard InChI is InChI=1S/C20H23N3O/c21-17-8-11-19(12-9-17)24-14-4-3-13-22-15-18-10-7-16-5-1-2-6-20(16)23-18/h1-2,5-12,22H,3-4,13-15,21H2. The molecule has 24 heavy (non-hydrogen) atoms. The number of nitrogens with one attached hydrogen (secondary N) is 1. The van der Waals surface area contributed by atoms with Gasteiger partial charge in [0.15, 0.2) is 0 Å². The van der Waals surface area contributed by atoms with E-state index in [1.165, 1.54) is 5.39 Å². The second-order valence-electron chi connectivity index (χ2n) is 5.80. The Balaban J connectivity index is 1.32. The number of pyridine rings is 1. The molecule has 4 heteroatoms. The fraction of sp³-hybridized carbons (Fsp3) is 0.250. The molecule has 0 bridgehead atoms. The van der Waals surface area contributed by atoms with E-state index in [-0.39, 0.29) is 0 Å². The number of nitrogens with zero attached hydrogens (tertiary/aromatic N) is 1. The Kier molecular flexibility index (Phi) is 5.64. The summed E-state index contributed by atoms with van der Waals surface area (Å²) >= 11 is 0. The number of benzene rings is 2. The number of hydrogen-bond acceptors (Lipinski definition) is 4. The van der Waals surface area contributed by atoms with E-state index in [4.69, 9.17) is 10.5 Å². The van der Waals surface area contributed by atoms with E-state index >= 15 is 0 Å². The number of para-hydroxylation sites is 1. The molecule has 0 saturated carbocycles. The normalized spacial score (nSPS) is 10.8. The van der Waals surface area contributed by atoms with E-state index in [1.807, 2.05) is 42.5 Å². The number of anilines is 1. The number of rotatable bonds is 8.